The van der Waals surface area contributed by atoms with E-state index in [4.69, 9.17) is 62.8 Å². The molecule has 0 bridgehead atoms. The van der Waals surface area contributed by atoms with Gasteiger partial charge in [0.2, 0.25) is 5.91 Å². The van der Waals surface area contributed by atoms with Gasteiger partial charge in [-0.25, -0.2) is 4.39 Å². The second-order valence-corrected chi connectivity index (χ2v) is 11.7. The summed E-state index contributed by atoms with van der Waals surface area (Å²) in [6, 6.07) is 13.5. The number of alkyl halides is 2. The number of ketones is 1. The molecule has 4 rings (SSSR count). The van der Waals surface area contributed by atoms with Crippen LogP contribution in [0, 0.1) is 11.7 Å². The lowest BCUT2D eigenvalue weighted by atomic mass is 9.96. The highest BCUT2D eigenvalue weighted by atomic mass is 35.5. The molecule has 2 unspecified atom stereocenters. The highest BCUT2D eigenvalue weighted by molar-refractivity contribution is 6.53. The number of carbonyl (C=O) groups excluding carboxylic acids is 2. The molecule has 204 valence electrons. The van der Waals surface area contributed by atoms with E-state index >= 15 is 0 Å². The van der Waals surface area contributed by atoms with Gasteiger partial charge in [0.15, 0.2) is 5.78 Å². The highest BCUT2D eigenvalue weighted by Gasteiger charge is 2.67. The molecule has 3 aromatic carbocycles. The summed E-state index contributed by atoms with van der Waals surface area (Å²) >= 11 is 31.4. The van der Waals surface area contributed by atoms with Crippen molar-refractivity contribution in [3.8, 4) is 0 Å². The molecule has 5 nitrogen and oxygen atoms in total. The van der Waals surface area contributed by atoms with Crippen molar-refractivity contribution in [2.24, 2.45) is 11.1 Å². The molecule has 0 radical (unpaired) electrons. The molecule has 0 aliphatic heterocycles. The van der Waals surface area contributed by atoms with Crippen molar-refractivity contribution in [3.63, 3.8) is 0 Å². The number of amides is 1. The van der Waals surface area contributed by atoms with E-state index in [0.717, 1.165) is 0 Å². The Morgan fingerprint density at radius 3 is 2.36 bits per heavy atom. The van der Waals surface area contributed by atoms with Crippen LogP contribution in [0.3, 0.4) is 0 Å². The van der Waals surface area contributed by atoms with Gasteiger partial charge in [0.25, 0.3) is 0 Å². The van der Waals surface area contributed by atoms with Gasteiger partial charge in [-0.2, -0.15) is 0 Å². The lowest BCUT2D eigenvalue weighted by Gasteiger charge is -2.12. The monoisotopic (exact) mass is 628 g/mol. The van der Waals surface area contributed by atoms with E-state index in [1.807, 2.05) is 0 Å². The Labute approximate surface area is 250 Å². The van der Waals surface area contributed by atoms with Gasteiger partial charge in [-0.05, 0) is 73.5 Å². The van der Waals surface area contributed by atoms with Gasteiger partial charge in [0, 0.05) is 39.2 Å². The van der Waals surface area contributed by atoms with E-state index < -0.39 is 27.9 Å². The number of rotatable bonds is 9. The minimum atomic E-state index is -1.36. The van der Waals surface area contributed by atoms with Crippen LogP contribution >= 0.6 is 58.0 Å². The molecule has 39 heavy (non-hydrogen) atoms. The number of hydrogen-bond donors (Lipinski definition) is 1. The van der Waals surface area contributed by atoms with E-state index in [9.17, 15) is 14.0 Å². The number of anilines is 1. The summed E-state index contributed by atoms with van der Waals surface area (Å²) in [7, 11) is 0. The standard InChI is InChI=1S/C28H22Cl5FN2O3/c1-3-39-36-14(2)21-12-19(34)5-4-15(21)10-24(37)22-13-20(6-7-23(22)31)35-27(38)26-25(28(26,32)33)16-8-17(29)11-18(30)9-16/h4-9,11-13,25-26H,3,10H2,1-2H3,(H,35,38)/b36-14+. The van der Waals surface area contributed by atoms with Crippen molar-refractivity contribution in [2.45, 2.75) is 30.5 Å². The number of oxime groups is 1. The summed E-state index contributed by atoms with van der Waals surface area (Å²) in [5.74, 6) is -2.55. The Morgan fingerprint density at radius 2 is 1.69 bits per heavy atom. The first-order chi connectivity index (χ1) is 18.4. The van der Waals surface area contributed by atoms with Crippen molar-refractivity contribution < 1.29 is 18.8 Å². The molecule has 0 heterocycles. The summed E-state index contributed by atoms with van der Waals surface area (Å²) in [4.78, 5) is 31.5. The highest BCUT2D eigenvalue weighted by Crippen LogP contribution is 2.65. The van der Waals surface area contributed by atoms with Crippen LogP contribution in [0.25, 0.3) is 0 Å². The molecular formula is C28H22Cl5FN2O3. The maximum atomic E-state index is 14.0. The Hall–Kier alpha value is -2.35. The van der Waals surface area contributed by atoms with Crippen LogP contribution in [0.15, 0.2) is 59.8 Å². The van der Waals surface area contributed by atoms with Crippen LogP contribution in [0.2, 0.25) is 15.1 Å². The summed E-state index contributed by atoms with van der Waals surface area (Å²) in [6.45, 7) is 3.78. The number of carbonyl (C=O) groups is 2. The van der Waals surface area contributed by atoms with Gasteiger partial charge in [0.1, 0.15) is 16.8 Å². The van der Waals surface area contributed by atoms with Crippen LogP contribution in [0.5, 0.6) is 0 Å². The van der Waals surface area contributed by atoms with Crippen LogP contribution in [0.1, 0.15) is 46.8 Å². The second-order valence-electron chi connectivity index (χ2n) is 9.01. The predicted octanol–water partition coefficient (Wildman–Crippen LogP) is 8.50. The largest absolute Gasteiger partial charge is 0.396 e. The lowest BCUT2D eigenvalue weighted by molar-refractivity contribution is -0.117. The van der Waals surface area contributed by atoms with Crippen LogP contribution in [0.4, 0.5) is 10.1 Å². The van der Waals surface area contributed by atoms with E-state index in [1.165, 1.54) is 30.3 Å². The molecule has 1 aliphatic rings. The average Bonchev–Trinajstić information content (AvgIpc) is 3.46. The summed E-state index contributed by atoms with van der Waals surface area (Å²) in [5.41, 5.74) is 2.57. The molecule has 3 aromatic rings. The first-order valence-corrected chi connectivity index (χ1v) is 13.7. The van der Waals surface area contributed by atoms with Crippen molar-refractivity contribution in [1.29, 1.82) is 0 Å². The maximum Gasteiger partial charge on any atom is 0.231 e. The molecule has 1 N–H and O–H groups in total. The van der Waals surface area contributed by atoms with Gasteiger partial charge < -0.3 is 10.2 Å². The molecule has 2 atom stereocenters. The first-order valence-electron chi connectivity index (χ1n) is 11.8. The topological polar surface area (TPSA) is 67.8 Å². The number of hydrogen-bond acceptors (Lipinski definition) is 4. The zero-order valence-corrected chi connectivity index (χ0v) is 24.5. The first kappa shape index (κ1) is 29.6. The molecule has 0 spiro atoms. The van der Waals surface area contributed by atoms with Gasteiger partial charge in [0.05, 0.1) is 16.7 Å². The molecule has 1 aliphatic carbocycles. The van der Waals surface area contributed by atoms with Gasteiger partial charge >= 0.3 is 0 Å². The zero-order valence-electron chi connectivity index (χ0n) is 20.7. The van der Waals surface area contributed by atoms with Gasteiger partial charge in [-0.15, -0.1) is 23.2 Å². The van der Waals surface area contributed by atoms with Gasteiger partial charge in [-0.3, -0.25) is 9.59 Å². The van der Waals surface area contributed by atoms with E-state index in [1.54, 1.807) is 38.1 Å². The third kappa shape index (κ3) is 6.69. The molecule has 1 fully saturated rings. The third-order valence-corrected chi connectivity index (χ3v) is 7.96. The van der Waals surface area contributed by atoms with Gasteiger partial charge in [-0.1, -0.05) is 46.0 Å². The number of Topliss-reactive ketones (excluding diaryl/α,β-unsaturated/α-hetero) is 1. The number of nitrogens with zero attached hydrogens (tertiary/aromatic N) is 1. The Kier molecular flexibility index (Phi) is 9.14. The van der Waals surface area contributed by atoms with Crippen LogP contribution in [-0.4, -0.2) is 28.3 Å². The molecular weight excluding hydrogens is 609 g/mol. The van der Waals surface area contributed by atoms with Crippen molar-refractivity contribution in [1.82, 2.24) is 0 Å². The van der Waals surface area contributed by atoms with Crippen molar-refractivity contribution in [3.05, 3.63) is 97.7 Å². The van der Waals surface area contributed by atoms with E-state index in [2.05, 4.69) is 10.5 Å². The fraction of sp³-hybridized carbons (Fsp3) is 0.250. The summed E-state index contributed by atoms with van der Waals surface area (Å²) in [5, 5.41) is 7.72. The average molecular weight is 631 g/mol. The minimum Gasteiger partial charge on any atom is -0.396 e. The third-order valence-electron chi connectivity index (χ3n) is 6.26. The Balaban J connectivity index is 1.53. The zero-order chi connectivity index (χ0) is 28.5. The number of halogens is 6. The lowest BCUT2D eigenvalue weighted by Crippen LogP contribution is -2.17. The molecule has 1 saturated carbocycles. The molecule has 1 amide bonds. The number of benzene rings is 3. The van der Waals surface area contributed by atoms with E-state index in [0.29, 0.717) is 44.7 Å². The summed E-state index contributed by atoms with van der Waals surface area (Å²) in [6.07, 6.45) is -0.0849. The molecule has 11 heteroatoms. The fourth-order valence-corrected chi connectivity index (χ4v) is 5.97. The van der Waals surface area contributed by atoms with Crippen molar-refractivity contribution >= 4 is 81.1 Å². The second kappa shape index (κ2) is 12.0. The fourth-order valence-electron chi connectivity index (χ4n) is 4.38. The number of nitrogens with one attached hydrogen (secondary N) is 1. The minimum absolute atomic E-state index is 0.0849. The maximum absolute atomic E-state index is 14.0. The Morgan fingerprint density at radius 1 is 1.00 bits per heavy atom. The van der Waals surface area contributed by atoms with Crippen LogP contribution in [-0.2, 0) is 16.1 Å². The summed E-state index contributed by atoms with van der Waals surface area (Å²) < 4.78 is 12.6. The van der Waals surface area contributed by atoms with Crippen molar-refractivity contribution in [2.75, 3.05) is 11.9 Å². The quantitative estimate of drug-likeness (QED) is 0.112. The molecule has 0 aromatic heterocycles. The SMILES string of the molecule is CCO/N=C(\C)c1cc(F)ccc1CC(=O)c1cc(NC(=O)C2C(c3cc(Cl)cc(Cl)c3)C2(Cl)Cl)ccc1Cl. The normalized spacial score (nSPS) is 18.0. The predicted molar refractivity (Wildman–Crippen MR) is 155 cm³/mol. The molecule has 0 saturated heterocycles. The smallest absolute Gasteiger partial charge is 0.231 e. The van der Waals surface area contributed by atoms with E-state index in [-0.39, 0.29) is 22.8 Å². The van der Waals surface area contributed by atoms with Crippen LogP contribution < -0.4 is 5.32 Å². The Bertz CT molecular complexity index is 1460.